The molecular weight excluding hydrogens is 490 g/mol. The van der Waals surface area contributed by atoms with E-state index in [4.69, 9.17) is 16.6 Å². The summed E-state index contributed by atoms with van der Waals surface area (Å²) in [6.45, 7) is 1.99. The van der Waals surface area contributed by atoms with Gasteiger partial charge in [0.05, 0.1) is 28.1 Å². The minimum absolute atomic E-state index is 0.174. The van der Waals surface area contributed by atoms with Crippen LogP contribution in [-0.4, -0.2) is 34.6 Å². The molecule has 0 saturated carbocycles. The maximum Gasteiger partial charge on any atom is 0.332 e. The Morgan fingerprint density at radius 3 is 2.69 bits per heavy atom. The molecule has 0 aliphatic rings. The van der Waals surface area contributed by atoms with Gasteiger partial charge in [0.15, 0.2) is 16.3 Å². The Morgan fingerprint density at radius 2 is 1.97 bits per heavy atom. The molecule has 1 amide bonds. The number of thiazole rings is 1. The third-order valence-corrected chi connectivity index (χ3v) is 7.34. The van der Waals surface area contributed by atoms with E-state index >= 15 is 0 Å². The SMILES string of the molecule is Cc1ccc(Cl)c2sc(N(Cc3cccnc3)C(=O)Cn3cnc4c3c(=O)n(C)c(=O)n4C)nc12. The minimum Gasteiger partial charge on any atom is -0.315 e. The van der Waals surface area contributed by atoms with E-state index in [2.05, 4.69) is 9.97 Å². The number of anilines is 1. The molecule has 0 saturated heterocycles. The van der Waals surface area contributed by atoms with Crippen LogP contribution in [0.2, 0.25) is 5.02 Å². The molecule has 0 N–H and O–H groups in total. The first-order chi connectivity index (χ1) is 16.8. The summed E-state index contributed by atoms with van der Waals surface area (Å²) in [5.74, 6) is -0.308. The third kappa shape index (κ3) is 3.92. The molecule has 0 radical (unpaired) electrons. The van der Waals surface area contributed by atoms with E-state index in [1.54, 1.807) is 23.4 Å². The average Bonchev–Trinajstić information content (AvgIpc) is 3.49. The highest BCUT2D eigenvalue weighted by atomic mass is 35.5. The van der Waals surface area contributed by atoms with Crippen LogP contribution in [0, 0.1) is 6.92 Å². The molecule has 35 heavy (non-hydrogen) atoms. The predicted molar refractivity (Wildman–Crippen MR) is 135 cm³/mol. The normalized spacial score (nSPS) is 11.4. The molecule has 0 fully saturated rings. The summed E-state index contributed by atoms with van der Waals surface area (Å²) >= 11 is 7.73. The first-order valence-electron chi connectivity index (χ1n) is 10.6. The van der Waals surface area contributed by atoms with Crippen LogP contribution in [0.5, 0.6) is 0 Å². The molecule has 0 atom stereocenters. The van der Waals surface area contributed by atoms with Crippen molar-refractivity contribution in [3.63, 3.8) is 0 Å². The number of imidazole rings is 1. The number of pyridine rings is 1. The Bertz CT molecular complexity index is 1680. The fourth-order valence-corrected chi connectivity index (χ4v) is 5.22. The number of carbonyl (C=O) groups is 1. The second kappa shape index (κ2) is 8.75. The number of carbonyl (C=O) groups excluding carboxylic acids is 1. The molecule has 12 heteroatoms. The van der Waals surface area contributed by atoms with Gasteiger partial charge in [0.25, 0.3) is 5.56 Å². The monoisotopic (exact) mass is 509 g/mol. The Morgan fingerprint density at radius 1 is 1.17 bits per heavy atom. The quantitative estimate of drug-likeness (QED) is 0.360. The first-order valence-corrected chi connectivity index (χ1v) is 11.8. The second-order valence-electron chi connectivity index (χ2n) is 8.13. The third-order valence-electron chi connectivity index (χ3n) is 5.80. The lowest BCUT2D eigenvalue weighted by atomic mass is 10.2. The van der Waals surface area contributed by atoms with Crippen molar-refractivity contribution in [2.45, 2.75) is 20.0 Å². The van der Waals surface area contributed by atoms with Gasteiger partial charge in [0.2, 0.25) is 5.91 Å². The van der Waals surface area contributed by atoms with E-state index < -0.39 is 11.2 Å². The molecule has 10 nitrogen and oxygen atoms in total. The molecule has 5 rings (SSSR count). The van der Waals surface area contributed by atoms with Crippen molar-refractivity contribution >= 4 is 55.4 Å². The zero-order chi connectivity index (χ0) is 24.9. The number of rotatable bonds is 5. The molecule has 0 aliphatic heterocycles. The summed E-state index contributed by atoms with van der Waals surface area (Å²) in [7, 11) is 2.93. The summed E-state index contributed by atoms with van der Waals surface area (Å²) in [4.78, 5) is 53.4. The van der Waals surface area contributed by atoms with E-state index in [0.717, 1.165) is 25.9 Å². The van der Waals surface area contributed by atoms with Crippen LogP contribution in [0.15, 0.2) is 52.6 Å². The van der Waals surface area contributed by atoms with E-state index in [1.807, 2.05) is 25.1 Å². The van der Waals surface area contributed by atoms with Gasteiger partial charge in [0.1, 0.15) is 6.54 Å². The van der Waals surface area contributed by atoms with Gasteiger partial charge in [-0.05, 0) is 30.2 Å². The molecule has 0 aliphatic carbocycles. The van der Waals surface area contributed by atoms with Crippen molar-refractivity contribution < 1.29 is 4.79 Å². The standard InChI is InChI=1S/C23H20ClN7O3S/c1-13-6-7-15(24)19-17(13)27-22(35-19)31(10-14-5-4-8-25-9-14)16(32)11-30-12-26-20-18(30)21(33)29(3)23(34)28(20)2/h4-9,12H,10-11H2,1-3H3. The largest absolute Gasteiger partial charge is 0.332 e. The molecule has 4 aromatic heterocycles. The number of hydrogen-bond donors (Lipinski definition) is 0. The van der Waals surface area contributed by atoms with Crippen LogP contribution in [0.25, 0.3) is 21.4 Å². The van der Waals surface area contributed by atoms with Crippen molar-refractivity contribution in [1.82, 2.24) is 28.7 Å². The molecule has 178 valence electrons. The average molecular weight is 510 g/mol. The first kappa shape index (κ1) is 22.9. The Balaban J connectivity index is 1.59. The molecule has 5 aromatic rings. The Labute approximate surface area is 207 Å². The molecule has 1 aromatic carbocycles. The van der Waals surface area contributed by atoms with Gasteiger partial charge in [-0.25, -0.2) is 14.8 Å². The van der Waals surface area contributed by atoms with Crippen LogP contribution in [-0.2, 0) is 32.0 Å². The van der Waals surface area contributed by atoms with E-state index in [0.29, 0.717) is 10.2 Å². The van der Waals surface area contributed by atoms with Crippen molar-refractivity contribution in [3.05, 3.63) is 80.0 Å². The summed E-state index contributed by atoms with van der Waals surface area (Å²) in [6, 6.07) is 7.37. The number of hydrogen-bond acceptors (Lipinski definition) is 7. The van der Waals surface area contributed by atoms with Gasteiger partial charge in [-0.2, -0.15) is 0 Å². The van der Waals surface area contributed by atoms with Gasteiger partial charge in [-0.1, -0.05) is 35.1 Å². The summed E-state index contributed by atoms with van der Waals surface area (Å²) < 4.78 is 4.53. The summed E-state index contributed by atoms with van der Waals surface area (Å²) in [6.07, 6.45) is 4.74. The van der Waals surface area contributed by atoms with Crippen LogP contribution >= 0.6 is 22.9 Å². The van der Waals surface area contributed by atoms with Gasteiger partial charge < -0.3 is 4.57 Å². The summed E-state index contributed by atoms with van der Waals surface area (Å²) in [5.41, 5.74) is 1.88. The van der Waals surface area contributed by atoms with Crippen molar-refractivity contribution in [2.75, 3.05) is 4.90 Å². The lowest BCUT2D eigenvalue weighted by molar-refractivity contribution is -0.119. The van der Waals surface area contributed by atoms with E-state index in [9.17, 15) is 14.4 Å². The van der Waals surface area contributed by atoms with Gasteiger partial charge in [0, 0.05) is 26.5 Å². The lowest BCUT2D eigenvalue weighted by Gasteiger charge is -2.20. The van der Waals surface area contributed by atoms with Gasteiger partial charge >= 0.3 is 5.69 Å². The van der Waals surface area contributed by atoms with E-state index in [-0.39, 0.29) is 30.2 Å². The number of nitrogens with zero attached hydrogens (tertiary/aromatic N) is 7. The highest BCUT2D eigenvalue weighted by Crippen LogP contribution is 2.36. The topological polar surface area (TPSA) is 108 Å². The van der Waals surface area contributed by atoms with Crippen molar-refractivity contribution in [2.24, 2.45) is 14.1 Å². The number of halogens is 1. The lowest BCUT2D eigenvalue weighted by Crippen LogP contribution is -2.38. The van der Waals surface area contributed by atoms with Gasteiger partial charge in [-0.3, -0.25) is 28.6 Å². The number of aryl methyl sites for hydroxylation is 2. The smallest absolute Gasteiger partial charge is 0.315 e. The number of benzene rings is 1. The zero-order valence-electron chi connectivity index (χ0n) is 19.1. The highest BCUT2D eigenvalue weighted by molar-refractivity contribution is 7.23. The van der Waals surface area contributed by atoms with Gasteiger partial charge in [-0.15, -0.1) is 0 Å². The van der Waals surface area contributed by atoms with Crippen LogP contribution in [0.1, 0.15) is 11.1 Å². The fraction of sp³-hybridized carbons (Fsp3) is 0.217. The Hall–Kier alpha value is -3.83. The Kier molecular flexibility index (Phi) is 5.73. The minimum atomic E-state index is -0.519. The molecule has 0 unspecified atom stereocenters. The number of aromatic nitrogens is 6. The van der Waals surface area contributed by atoms with Crippen molar-refractivity contribution in [3.8, 4) is 0 Å². The van der Waals surface area contributed by atoms with Crippen LogP contribution in [0.3, 0.4) is 0 Å². The second-order valence-corrected chi connectivity index (χ2v) is 9.51. The molecule has 0 bridgehead atoms. The maximum absolute atomic E-state index is 13.7. The van der Waals surface area contributed by atoms with E-state index in [1.165, 1.54) is 40.9 Å². The number of fused-ring (bicyclic) bond motifs is 2. The van der Waals surface area contributed by atoms with Crippen molar-refractivity contribution in [1.29, 1.82) is 0 Å². The number of amides is 1. The van der Waals surface area contributed by atoms with Crippen LogP contribution < -0.4 is 16.1 Å². The maximum atomic E-state index is 13.7. The summed E-state index contributed by atoms with van der Waals surface area (Å²) in [5, 5.41) is 1.04. The predicted octanol–water partition coefficient (Wildman–Crippen LogP) is 2.63. The molecular formula is C23H20ClN7O3S. The molecule has 4 heterocycles. The fourth-order valence-electron chi connectivity index (χ4n) is 3.89. The highest BCUT2D eigenvalue weighted by Gasteiger charge is 2.24. The van der Waals surface area contributed by atoms with Crippen LogP contribution in [0.4, 0.5) is 5.13 Å². The molecule has 0 spiro atoms. The zero-order valence-corrected chi connectivity index (χ0v) is 20.7.